The van der Waals surface area contributed by atoms with Crippen LogP contribution in [-0.2, 0) is 9.47 Å². The lowest BCUT2D eigenvalue weighted by Gasteiger charge is -2.36. The van der Waals surface area contributed by atoms with Gasteiger partial charge in [-0.25, -0.2) is 4.79 Å². The van der Waals surface area contributed by atoms with Crippen LogP contribution < -0.4 is 5.32 Å². The molecule has 0 aromatic carbocycles. The average molecular weight is 325 g/mol. The molecular weight excluding hydrogens is 294 g/mol. The third-order valence-corrected chi connectivity index (χ3v) is 5.42. The fraction of sp³-hybridized carbons (Fsp3) is 0.941. The molecule has 3 fully saturated rings. The lowest BCUT2D eigenvalue weighted by atomic mass is 9.94. The Kier molecular flexibility index (Phi) is 5.44. The number of nitrogens with one attached hydrogen (secondary N) is 1. The lowest BCUT2D eigenvalue weighted by Crippen LogP contribution is -2.51. The van der Waals surface area contributed by atoms with Gasteiger partial charge in [0, 0.05) is 38.5 Å². The summed E-state index contributed by atoms with van der Waals surface area (Å²) in [5.41, 5.74) is 0. The number of likely N-dealkylation sites (N-methyl/N-ethyl adjacent to an activating group) is 1. The first-order chi connectivity index (χ1) is 11.1. The van der Waals surface area contributed by atoms with E-state index in [1.54, 1.807) is 0 Å². The highest BCUT2D eigenvalue weighted by Gasteiger charge is 2.42. The second kappa shape index (κ2) is 7.36. The molecule has 0 unspecified atom stereocenters. The van der Waals surface area contributed by atoms with Crippen LogP contribution in [0.1, 0.15) is 44.9 Å². The predicted octanol–water partition coefficient (Wildman–Crippen LogP) is 1.80. The van der Waals surface area contributed by atoms with Gasteiger partial charge in [0.2, 0.25) is 0 Å². The highest BCUT2D eigenvalue weighted by atomic mass is 16.7. The van der Waals surface area contributed by atoms with Crippen molar-refractivity contribution in [3.63, 3.8) is 0 Å². The number of carbonyl (C=O) groups excluding carboxylic acids is 1. The fourth-order valence-electron chi connectivity index (χ4n) is 3.94. The summed E-state index contributed by atoms with van der Waals surface area (Å²) in [6, 6.07) is 0.496. The van der Waals surface area contributed by atoms with Gasteiger partial charge in [0.15, 0.2) is 5.79 Å². The molecule has 0 aromatic rings. The van der Waals surface area contributed by atoms with E-state index in [9.17, 15) is 4.79 Å². The maximum atomic E-state index is 12.4. The van der Waals surface area contributed by atoms with Crippen molar-refractivity contribution in [2.45, 2.75) is 62.9 Å². The van der Waals surface area contributed by atoms with Gasteiger partial charge >= 0.3 is 6.03 Å². The highest BCUT2D eigenvalue weighted by Crippen LogP contribution is 2.37. The smallest absolute Gasteiger partial charge is 0.317 e. The van der Waals surface area contributed by atoms with Crippen molar-refractivity contribution in [3.8, 4) is 0 Å². The molecule has 2 heterocycles. The number of ether oxygens (including phenoxy) is 2. The van der Waals surface area contributed by atoms with Crippen LogP contribution in [0.15, 0.2) is 0 Å². The number of piperidine rings is 1. The third kappa shape index (κ3) is 4.17. The van der Waals surface area contributed by atoms with Crippen LogP contribution in [-0.4, -0.2) is 74.1 Å². The van der Waals surface area contributed by atoms with E-state index < -0.39 is 0 Å². The van der Waals surface area contributed by atoms with E-state index in [4.69, 9.17) is 9.47 Å². The first-order valence-electron chi connectivity index (χ1n) is 9.09. The minimum Gasteiger partial charge on any atom is -0.347 e. The van der Waals surface area contributed by atoms with E-state index >= 15 is 0 Å². The number of rotatable bonds is 3. The van der Waals surface area contributed by atoms with Crippen molar-refractivity contribution in [2.75, 3.05) is 40.3 Å². The van der Waals surface area contributed by atoms with Crippen molar-refractivity contribution >= 4 is 6.03 Å². The highest BCUT2D eigenvalue weighted by molar-refractivity contribution is 5.74. The largest absolute Gasteiger partial charge is 0.347 e. The maximum absolute atomic E-state index is 12.4. The Morgan fingerprint density at radius 1 is 1.26 bits per heavy atom. The molecule has 0 radical (unpaired) electrons. The number of urea groups is 1. The molecule has 2 aliphatic heterocycles. The molecule has 1 aliphatic carbocycles. The lowest BCUT2D eigenvalue weighted by molar-refractivity contribution is -0.186. The van der Waals surface area contributed by atoms with E-state index in [0.717, 1.165) is 32.4 Å². The van der Waals surface area contributed by atoms with Gasteiger partial charge in [-0.1, -0.05) is 6.42 Å². The molecule has 2 saturated heterocycles. The second-order valence-corrected chi connectivity index (χ2v) is 7.41. The van der Waals surface area contributed by atoms with Gasteiger partial charge in [-0.15, -0.1) is 0 Å². The third-order valence-electron chi connectivity index (χ3n) is 5.42. The number of nitrogens with zero attached hydrogens (tertiary/aromatic N) is 2. The molecule has 132 valence electrons. The SMILES string of the molecule is CN(C)[C@@H]1CCCN(C(=O)NC[C@@H]2COC3(CCCCC3)O2)C1. The van der Waals surface area contributed by atoms with Gasteiger partial charge in [0.05, 0.1) is 6.61 Å². The summed E-state index contributed by atoms with van der Waals surface area (Å²) in [7, 11) is 4.17. The van der Waals surface area contributed by atoms with Crippen molar-refractivity contribution < 1.29 is 14.3 Å². The normalized spacial score (nSPS) is 30.8. The number of hydrogen-bond donors (Lipinski definition) is 1. The van der Waals surface area contributed by atoms with Gasteiger partial charge in [-0.05, 0) is 39.8 Å². The van der Waals surface area contributed by atoms with Gasteiger partial charge in [0.1, 0.15) is 6.10 Å². The zero-order chi connectivity index (χ0) is 16.3. The van der Waals surface area contributed by atoms with Gasteiger partial charge in [-0.2, -0.15) is 0 Å². The summed E-state index contributed by atoms with van der Waals surface area (Å²) in [6.45, 7) is 2.80. The molecule has 1 N–H and O–H groups in total. The maximum Gasteiger partial charge on any atom is 0.317 e. The summed E-state index contributed by atoms with van der Waals surface area (Å²) in [5, 5.41) is 3.04. The van der Waals surface area contributed by atoms with Gasteiger partial charge in [-0.3, -0.25) is 0 Å². The van der Waals surface area contributed by atoms with Crippen LogP contribution in [0.25, 0.3) is 0 Å². The number of amides is 2. The number of carbonyl (C=O) groups is 1. The van der Waals surface area contributed by atoms with E-state index in [1.807, 2.05) is 4.90 Å². The second-order valence-electron chi connectivity index (χ2n) is 7.41. The number of hydrogen-bond acceptors (Lipinski definition) is 4. The molecule has 3 rings (SSSR count). The Labute approximate surface area is 139 Å². The Bertz CT molecular complexity index is 410. The Hall–Kier alpha value is -0.850. The Balaban J connectivity index is 1.42. The van der Waals surface area contributed by atoms with E-state index in [0.29, 0.717) is 19.2 Å². The molecular formula is C17H31N3O3. The first-order valence-corrected chi connectivity index (χ1v) is 9.09. The monoisotopic (exact) mass is 325 g/mol. The van der Waals surface area contributed by atoms with Crippen LogP contribution >= 0.6 is 0 Å². The molecule has 2 atom stereocenters. The topological polar surface area (TPSA) is 54.0 Å². The van der Waals surface area contributed by atoms with Crippen LogP contribution in [0.5, 0.6) is 0 Å². The molecule has 1 saturated carbocycles. The summed E-state index contributed by atoms with van der Waals surface area (Å²) in [6.07, 6.45) is 7.85. The van der Waals surface area contributed by atoms with Crippen LogP contribution in [0.4, 0.5) is 4.79 Å². The standard InChI is InChI=1S/C17H31N3O3/c1-19(2)14-7-6-10-20(12-14)16(21)18-11-15-13-22-17(23-15)8-4-3-5-9-17/h14-15H,3-13H2,1-2H3,(H,18,21)/t14-,15-/m1/s1. The first kappa shape index (κ1) is 17.0. The van der Waals surface area contributed by atoms with Crippen LogP contribution in [0, 0.1) is 0 Å². The zero-order valence-corrected chi connectivity index (χ0v) is 14.6. The summed E-state index contributed by atoms with van der Waals surface area (Å²) >= 11 is 0. The van der Waals surface area contributed by atoms with Crippen molar-refractivity contribution in [2.24, 2.45) is 0 Å². The van der Waals surface area contributed by atoms with Crippen molar-refractivity contribution in [1.29, 1.82) is 0 Å². The summed E-state index contributed by atoms with van der Waals surface area (Å²) in [4.78, 5) is 16.5. The summed E-state index contributed by atoms with van der Waals surface area (Å²) in [5.74, 6) is -0.352. The van der Waals surface area contributed by atoms with E-state index in [-0.39, 0.29) is 17.9 Å². The molecule has 3 aliphatic rings. The summed E-state index contributed by atoms with van der Waals surface area (Å²) < 4.78 is 12.0. The zero-order valence-electron chi connectivity index (χ0n) is 14.6. The molecule has 6 nitrogen and oxygen atoms in total. The van der Waals surface area contributed by atoms with Crippen LogP contribution in [0.2, 0.25) is 0 Å². The minimum absolute atomic E-state index is 0.00788. The molecule has 6 heteroatoms. The van der Waals surface area contributed by atoms with E-state index in [2.05, 4.69) is 24.3 Å². The van der Waals surface area contributed by atoms with Crippen molar-refractivity contribution in [3.05, 3.63) is 0 Å². The van der Waals surface area contributed by atoms with Crippen molar-refractivity contribution in [1.82, 2.24) is 15.1 Å². The predicted molar refractivity (Wildman–Crippen MR) is 88.3 cm³/mol. The number of likely N-dealkylation sites (tertiary alicyclic amines) is 1. The molecule has 23 heavy (non-hydrogen) atoms. The Morgan fingerprint density at radius 3 is 2.78 bits per heavy atom. The molecule has 2 amide bonds. The fourth-order valence-corrected chi connectivity index (χ4v) is 3.94. The van der Waals surface area contributed by atoms with Gasteiger partial charge < -0.3 is 24.6 Å². The van der Waals surface area contributed by atoms with Crippen LogP contribution in [0.3, 0.4) is 0 Å². The van der Waals surface area contributed by atoms with E-state index in [1.165, 1.54) is 25.7 Å². The minimum atomic E-state index is -0.352. The van der Waals surface area contributed by atoms with Gasteiger partial charge in [0.25, 0.3) is 0 Å². The molecule has 0 bridgehead atoms. The average Bonchev–Trinajstić information content (AvgIpc) is 2.96. The quantitative estimate of drug-likeness (QED) is 0.860. The molecule has 1 spiro atoms. The molecule has 0 aromatic heterocycles. The Morgan fingerprint density at radius 2 is 2.04 bits per heavy atom.